The molecule has 6 rings (SSSR count). The van der Waals surface area contributed by atoms with Gasteiger partial charge in [0, 0.05) is 31.5 Å². The monoisotopic (exact) mass is 575 g/mol. The number of benzene rings is 1. The van der Waals surface area contributed by atoms with Crippen molar-refractivity contribution < 1.29 is 4.74 Å². The van der Waals surface area contributed by atoms with Gasteiger partial charge in [-0.2, -0.15) is 11.3 Å². The zero-order valence-corrected chi connectivity index (χ0v) is 25.5. The molecular formula is C32H41N5OS2. The first-order valence-corrected chi connectivity index (χ1v) is 16.6. The molecule has 40 heavy (non-hydrogen) atoms. The van der Waals surface area contributed by atoms with E-state index in [2.05, 4.69) is 84.9 Å². The largest absolute Gasteiger partial charge is 0.495 e. The van der Waals surface area contributed by atoms with Crippen molar-refractivity contribution in [3.05, 3.63) is 64.7 Å². The highest BCUT2D eigenvalue weighted by Crippen LogP contribution is 2.43. The van der Waals surface area contributed by atoms with Crippen molar-refractivity contribution in [1.29, 1.82) is 0 Å². The maximum Gasteiger partial charge on any atom is 0.191 e. The number of hydrogen-bond acceptors (Lipinski definition) is 7. The van der Waals surface area contributed by atoms with Crippen LogP contribution in [0.3, 0.4) is 0 Å². The number of thioether (sulfide) groups is 1. The molecule has 0 bridgehead atoms. The van der Waals surface area contributed by atoms with E-state index < -0.39 is 0 Å². The molecule has 1 aromatic carbocycles. The number of rotatable bonds is 9. The lowest BCUT2D eigenvalue weighted by atomic mass is 9.71. The lowest BCUT2D eigenvalue weighted by molar-refractivity contribution is 0.0434. The van der Waals surface area contributed by atoms with Crippen LogP contribution in [0.1, 0.15) is 44.9 Å². The molecule has 8 heteroatoms. The van der Waals surface area contributed by atoms with E-state index >= 15 is 0 Å². The molecule has 0 N–H and O–H groups in total. The van der Waals surface area contributed by atoms with Crippen LogP contribution in [0.5, 0.6) is 0 Å². The maximum absolute atomic E-state index is 5.66. The topological polar surface area (TPSA) is 46.4 Å². The van der Waals surface area contributed by atoms with Crippen molar-refractivity contribution in [3.63, 3.8) is 0 Å². The van der Waals surface area contributed by atoms with Crippen LogP contribution in [0.2, 0.25) is 0 Å². The molecule has 0 amide bonds. The Labute approximate surface area is 247 Å². The zero-order chi connectivity index (χ0) is 27.4. The molecule has 3 aliphatic rings. The van der Waals surface area contributed by atoms with Gasteiger partial charge in [0.25, 0.3) is 0 Å². The van der Waals surface area contributed by atoms with Crippen LogP contribution >= 0.6 is 23.1 Å². The van der Waals surface area contributed by atoms with E-state index in [-0.39, 0.29) is 0 Å². The summed E-state index contributed by atoms with van der Waals surface area (Å²) in [4.78, 5) is 5.26. The number of nitrogens with zero attached hydrogens (tertiary/aromatic N) is 5. The van der Waals surface area contributed by atoms with E-state index in [1.54, 1.807) is 11.3 Å². The first-order chi connectivity index (χ1) is 19.6. The fraction of sp³-hybridized carbons (Fsp3) is 0.500. The first-order valence-electron chi connectivity index (χ1n) is 14.7. The Bertz CT molecular complexity index is 1310. The molecule has 3 aromatic rings. The highest BCUT2D eigenvalue weighted by atomic mass is 32.2. The number of aromatic nitrogens is 3. The molecule has 1 aliphatic carbocycles. The third-order valence-electron chi connectivity index (χ3n) is 9.07. The summed E-state index contributed by atoms with van der Waals surface area (Å²) >= 11 is 3.56. The van der Waals surface area contributed by atoms with Crippen molar-refractivity contribution >= 4 is 23.1 Å². The van der Waals surface area contributed by atoms with Crippen molar-refractivity contribution in [2.45, 2.75) is 50.1 Å². The molecule has 2 aliphatic heterocycles. The van der Waals surface area contributed by atoms with E-state index in [4.69, 9.17) is 4.74 Å². The smallest absolute Gasteiger partial charge is 0.191 e. The number of ether oxygens (including phenoxy) is 1. The fourth-order valence-electron chi connectivity index (χ4n) is 6.47. The standard InChI is InChI=1S/C32H41N5OS2/c1-35-30(26-10-8-25(9-11-26)27-12-23-39-24-27)33-34-31(35)40-22-5-17-36-18-13-32(14-19-36)15-20-37(21-16-32)28-6-3-4-7-29(28)38-2/h6-12,23-24H,3-5,13-22H2,1-2H3. The zero-order valence-electron chi connectivity index (χ0n) is 23.8. The van der Waals surface area contributed by atoms with Crippen LogP contribution in [-0.2, 0) is 11.8 Å². The third-order valence-corrected chi connectivity index (χ3v) is 10.9. The Morgan fingerprint density at radius 2 is 1.62 bits per heavy atom. The molecule has 0 atom stereocenters. The van der Waals surface area contributed by atoms with Crippen LogP contribution in [0.4, 0.5) is 0 Å². The number of piperidine rings is 2. The summed E-state index contributed by atoms with van der Waals surface area (Å²) in [7, 11) is 3.89. The minimum atomic E-state index is 0.546. The molecule has 0 saturated carbocycles. The lowest BCUT2D eigenvalue weighted by Gasteiger charge is -2.48. The molecule has 6 nitrogen and oxygen atoms in total. The van der Waals surface area contributed by atoms with Gasteiger partial charge >= 0.3 is 0 Å². The summed E-state index contributed by atoms with van der Waals surface area (Å²) < 4.78 is 7.80. The highest BCUT2D eigenvalue weighted by Gasteiger charge is 2.38. The van der Waals surface area contributed by atoms with Gasteiger partial charge in [-0.25, -0.2) is 0 Å². The summed E-state index contributed by atoms with van der Waals surface area (Å²) in [6.07, 6.45) is 13.4. The Hall–Kier alpha value is -2.55. The summed E-state index contributed by atoms with van der Waals surface area (Å²) in [5.41, 5.74) is 5.50. The average molecular weight is 576 g/mol. The van der Waals surface area contributed by atoms with Crippen molar-refractivity contribution in [1.82, 2.24) is 24.6 Å². The molecule has 2 saturated heterocycles. The van der Waals surface area contributed by atoms with Crippen LogP contribution in [0.15, 0.2) is 69.9 Å². The molecule has 212 valence electrons. The molecule has 0 unspecified atom stereocenters. The van der Waals surface area contributed by atoms with Gasteiger partial charge < -0.3 is 19.1 Å². The normalized spacial score (nSPS) is 19.5. The number of likely N-dealkylation sites (tertiary alicyclic amines) is 2. The van der Waals surface area contributed by atoms with Crippen molar-refractivity contribution in [2.75, 3.05) is 45.6 Å². The Morgan fingerprint density at radius 3 is 2.35 bits per heavy atom. The number of thiophene rings is 1. The SMILES string of the molecule is COC1=CCCC=C1N1CCC2(CCN(CCCSc3nnc(-c4ccc(-c5ccsc5)cc4)n3C)CC2)CC1. The predicted octanol–water partition coefficient (Wildman–Crippen LogP) is 7.08. The third kappa shape index (κ3) is 6.04. The Kier molecular flexibility index (Phi) is 8.65. The summed E-state index contributed by atoms with van der Waals surface area (Å²) in [6.45, 7) is 6.00. The Morgan fingerprint density at radius 1 is 0.900 bits per heavy atom. The molecule has 2 fully saturated rings. The quantitative estimate of drug-likeness (QED) is 0.201. The Balaban J connectivity index is 0.929. The summed E-state index contributed by atoms with van der Waals surface area (Å²) in [5.74, 6) is 3.08. The average Bonchev–Trinajstić information content (AvgIpc) is 3.67. The van der Waals surface area contributed by atoms with Gasteiger partial charge in [-0.15, -0.1) is 10.2 Å². The van der Waals surface area contributed by atoms with Gasteiger partial charge in [0.2, 0.25) is 0 Å². The minimum absolute atomic E-state index is 0.546. The second-order valence-corrected chi connectivity index (χ2v) is 13.3. The van der Waals surface area contributed by atoms with E-state index in [9.17, 15) is 0 Å². The molecule has 0 radical (unpaired) electrons. The van der Waals surface area contributed by atoms with Gasteiger partial charge in [-0.1, -0.05) is 42.1 Å². The van der Waals surface area contributed by atoms with E-state index in [1.807, 2.05) is 18.9 Å². The maximum atomic E-state index is 5.66. The van der Waals surface area contributed by atoms with Gasteiger partial charge in [-0.3, -0.25) is 0 Å². The lowest BCUT2D eigenvalue weighted by Crippen LogP contribution is -2.47. The summed E-state index contributed by atoms with van der Waals surface area (Å²) in [6, 6.07) is 10.8. The van der Waals surface area contributed by atoms with Gasteiger partial charge in [0.1, 0.15) is 5.76 Å². The van der Waals surface area contributed by atoms with E-state index in [0.29, 0.717) is 5.41 Å². The highest BCUT2D eigenvalue weighted by molar-refractivity contribution is 7.99. The summed E-state index contributed by atoms with van der Waals surface area (Å²) in [5, 5.41) is 14.3. The minimum Gasteiger partial charge on any atom is -0.495 e. The second kappa shape index (κ2) is 12.5. The van der Waals surface area contributed by atoms with Crippen LogP contribution in [0, 0.1) is 5.41 Å². The molecule has 1 spiro atoms. The van der Waals surface area contributed by atoms with Crippen LogP contribution in [0.25, 0.3) is 22.5 Å². The molecule has 2 aromatic heterocycles. The van der Waals surface area contributed by atoms with Gasteiger partial charge in [0.15, 0.2) is 11.0 Å². The van der Waals surface area contributed by atoms with Crippen LogP contribution in [-0.4, -0.2) is 70.2 Å². The van der Waals surface area contributed by atoms with Crippen LogP contribution < -0.4 is 0 Å². The molecule has 4 heterocycles. The van der Waals surface area contributed by atoms with E-state index in [1.165, 1.54) is 81.7 Å². The van der Waals surface area contributed by atoms with Gasteiger partial charge in [-0.05, 0) is 104 Å². The van der Waals surface area contributed by atoms with Gasteiger partial charge in [0.05, 0.1) is 12.8 Å². The second-order valence-electron chi connectivity index (χ2n) is 11.4. The number of methoxy groups -OCH3 is 1. The fourth-order valence-corrected chi connectivity index (χ4v) is 7.97. The predicted molar refractivity (Wildman–Crippen MR) is 166 cm³/mol. The first kappa shape index (κ1) is 27.6. The number of hydrogen-bond donors (Lipinski definition) is 0. The van der Waals surface area contributed by atoms with Crippen molar-refractivity contribution in [2.24, 2.45) is 12.5 Å². The van der Waals surface area contributed by atoms with E-state index in [0.717, 1.165) is 40.9 Å². The van der Waals surface area contributed by atoms with Crippen molar-refractivity contribution in [3.8, 4) is 22.5 Å². The number of allylic oxidation sites excluding steroid dienone is 2. The molecular weight excluding hydrogens is 535 g/mol.